The van der Waals surface area contributed by atoms with Crippen LogP contribution in [-0.4, -0.2) is 25.9 Å². The minimum Gasteiger partial charge on any atom is -0.497 e. The van der Waals surface area contributed by atoms with E-state index in [2.05, 4.69) is 24.5 Å². The first-order valence-electron chi connectivity index (χ1n) is 7.90. The molecule has 0 spiro atoms. The van der Waals surface area contributed by atoms with E-state index in [0.29, 0.717) is 11.0 Å². The lowest BCUT2D eigenvalue weighted by Crippen LogP contribution is -2.32. The molecule has 1 atom stereocenters. The monoisotopic (exact) mass is 324 g/mol. The normalized spacial score (nSPS) is 11.6. The zero-order chi connectivity index (χ0) is 16.4. The Morgan fingerprint density at radius 2 is 1.77 bits per heavy atom. The van der Waals surface area contributed by atoms with Gasteiger partial charge in [-0.25, -0.2) is 0 Å². The van der Waals surface area contributed by atoms with Gasteiger partial charge in [0.05, 0.1) is 14.2 Å². The molecule has 124 valence electrons. The molecule has 0 aliphatic heterocycles. The lowest BCUT2D eigenvalue weighted by molar-refractivity contribution is 0.395. The van der Waals surface area contributed by atoms with Gasteiger partial charge in [-0.15, -0.1) is 0 Å². The molecule has 22 heavy (non-hydrogen) atoms. The maximum Gasteiger partial charge on any atom is 0.170 e. The third kappa shape index (κ3) is 6.52. The van der Waals surface area contributed by atoms with Gasteiger partial charge in [0, 0.05) is 30.4 Å². The van der Waals surface area contributed by atoms with Crippen LogP contribution in [0.25, 0.3) is 0 Å². The second-order valence-corrected chi connectivity index (χ2v) is 5.76. The molecule has 0 aromatic heterocycles. The molecule has 0 aliphatic carbocycles. The van der Waals surface area contributed by atoms with E-state index in [-0.39, 0.29) is 0 Å². The topological polar surface area (TPSA) is 42.5 Å². The van der Waals surface area contributed by atoms with E-state index in [1.54, 1.807) is 14.2 Å². The molecule has 0 saturated heterocycles. The number of rotatable bonds is 9. The van der Waals surface area contributed by atoms with Crippen LogP contribution in [0.5, 0.6) is 11.5 Å². The molecule has 1 rings (SSSR count). The molecule has 2 N–H and O–H groups in total. The van der Waals surface area contributed by atoms with Crippen molar-refractivity contribution in [1.82, 2.24) is 5.32 Å². The SMILES string of the molecule is CCCC[C@H](CC)CNC(=S)Nc1cc(OC)cc(OC)c1. The Hall–Kier alpha value is -1.49. The van der Waals surface area contributed by atoms with Crippen LogP contribution in [0.2, 0.25) is 0 Å². The number of nitrogens with one attached hydrogen (secondary N) is 2. The van der Waals surface area contributed by atoms with Gasteiger partial charge in [-0.2, -0.15) is 0 Å². The molecular weight excluding hydrogens is 296 g/mol. The first-order valence-corrected chi connectivity index (χ1v) is 8.31. The highest BCUT2D eigenvalue weighted by molar-refractivity contribution is 7.80. The molecule has 4 nitrogen and oxygen atoms in total. The molecular formula is C17H28N2O2S. The molecule has 0 amide bonds. The average Bonchev–Trinajstić information content (AvgIpc) is 2.54. The standard InChI is InChI=1S/C17H28N2O2S/c1-5-7-8-13(6-2)12-18-17(22)19-14-9-15(20-3)11-16(10-14)21-4/h9-11,13H,5-8,12H2,1-4H3,(H2,18,19,22)/t13-/m0/s1. The number of anilines is 1. The van der Waals surface area contributed by atoms with Gasteiger partial charge in [0.1, 0.15) is 11.5 Å². The minimum atomic E-state index is 0.630. The Morgan fingerprint density at radius 1 is 1.14 bits per heavy atom. The van der Waals surface area contributed by atoms with Crippen LogP contribution in [0, 0.1) is 5.92 Å². The molecule has 5 heteroatoms. The summed E-state index contributed by atoms with van der Waals surface area (Å²) in [6.45, 7) is 5.36. The summed E-state index contributed by atoms with van der Waals surface area (Å²) in [7, 11) is 3.27. The number of benzene rings is 1. The maximum atomic E-state index is 5.37. The largest absolute Gasteiger partial charge is 0.497 e. The maximum absolute atomic E-state index is 5.37. The Bertz CT molecular complexity index is 444. The summed E-state index contributed by atoms with van der Waals surface area (Å²) in [5, 5.41) is 7.12. The van der Waals surface area contributed by atoms with Crippen LogP contribution in [0.1, 0.15) is 39.5 Å². The predicted molar refractivity (Wildman–Crippen MR) is 97.1 cm³/mol. The molecule has 0 heterocycles. The van der Waals surface area contributed by atoms with Crippen LogP contribution in [0.15, 0.2) is 18.2 Å². The van der Waals surface area contributed by atoms with Gasteiger partial charge in [0.2, 0.25) is 0 Å². The summed E-state index contributed by atoms with van der Waals surface area (Å²) < 4.78 is 10.5. The number of hydrogen-bond donors (Lipinski definition) is 2. The lowest BCUT2D eigenvalue weighted by Gasteiger charge is -2.17. The van der Waals surface area contributed by atoms with E-state index in [4.69, 9.17) is 21.7 Å². The van der Waals surface area contributed by atoms with Crippen LogP contribution < -0.4 is 20.1 Å². The zero-order valence-electron chi connectivity index (χ0n) is 14.1. The van der Waals surface area contributed by atoms with E-state index in [1.807, 2.05) is 18.2 Å². The van der Waals surface area contributed by atoms with Crippen molar-refractivity contribution in [1.29, 1.82) is 0 Å². The van der Waals surface area contributed by atoms with Gasteiger partial charge in [-0.1, -0.05) is 33.1 Å². The summed E-state index contributed by atoms with van der Waals surface area (Å²) in [6.07, 6.45) is 4.93. The molecule has 0 fully saturated rings. The second-order valence-electron chi connectivity index (χ2n) is 5.35. The van der Waals surface area contributed by atoms with Crippen LogP contribution in [-0.2, 0) is 0 Å². The predicted octanol–water partition coefficient (Wildman–Crippen LogP) is 4.21. The van der Waals surface area contributed by atoms with E-state index in [0.717, 1.165) is 23.7 Å². The molecule has 1 aromatic carbocycles. The van der Waals surface area contributed by atoms with Crippen molar-refractivity contribution in [2.45, 2.75) is 39.5 Å². The minimum absolute atomic E-state index is 0.630. The fourth-order valence-electron chi connectivity index (χ4n) is 2.24. The van der Waals surface area contributed by atoms with Crippen molar-refractivity contribution < 1.29 is 9.47 Å². The summed E-state index contributed by atoms with van der Waals surface area (Å²) >= 11 is 5.37. The third-order valence-electron chi connectivity index (χ3n) is 3.70. The molecule has 0 radical (unpaired) electrons. The molecule has 1 aromatic rings. The smallest absolute Gasteiger partial charge is 0.170 e. The fourth-order valence-corrected chi connectivity index (χ4v) is 2.44. The molecule has 0 aliphatic rings. The second kappa shape index (κ2) is 10.3. The van der Waals surface area contributed by atoms with E-state index in [9.17, 15) is 0 Å². The molecule has 0 unspecified atom stereocenters. The van der Waals surface area contributed by atoms with Crippen LogP contribution in [0.3, 0.4) is 0 Å². The van der Waals surface area contributed by atoms with E-state index in [1.165, 1.54) is 25.7 Å². The first-order chi connectivity index (χ1) is 10.6. The van der Waals surface area contributed by atoms with Gasteiger partial charge < -0.3 is 20.1 Å². The number of unbranched alkanes of at least 4 members (excludes halogenated alkanes) is 1. The van der Waals surface area contributed by atoms with Crippen LogP contribution >= 0.6 is 12.2 Å². The van der Waals surface area contributed by atoms with Crippen molar-refractivity contribution in [2.24, 2.45) is 5.92 Å². The highest BCUT2D eigenvalue weighted by atomic mass is 32.1. The van der Waals surface area contributed by atoms with Gasteiger partial charge >= 0.3 is 0 Å². The summed E-state index contributed by atoms with van der Waals surface area (Å²) in [4.78, 5) is 0. The Labute approximate surface area is 139 Å². The quantitative estimate of drug-likeness (QED) is 0.666. The zero-order valence-corrected chi connectivity index (χ0v) is 14.9. The lowest BCUT2D eigenvalue weighted by atomic mass is 9.99. The van der Waals surface area contributed by atoms with Crippen LogP contribution in [0.4, 0.5) is 5.69 Å². The van der Waals surface area contributed by atoms with E-state index >= 15 is 0 Å². The van der Waals surface area contributed by atoms with Crippen molar-refractivity contribution in [2.75, 3.05) is 26.1 Å². The number of methoxy groups -OCH3 is 2. The molecule has 0 saturated carbocycles. The fraction of sp³-hybridized carbons (Fsp3) is 0.588. The first kappa shape index (κ1) is 18.6. The van der Waals surface area contributed by atoms with E-state index < -0.39 is 0 Å². The van der Waals surface area contributed by atoms with Gasteiger partial charge in [0.15, 0.2) is 5.11 Å². The highest BCUT2D eigenvalue weighted by Gasteiger charge is 2.08. The number of thiocarbonyl (C=S) groups is 1. The van der Waals surface area contributed by atoms with Gasteiger partial charge in [0.25, 0.3) is 0 Å². The highest BCUT2D eigenvalue weighted by Crippen LogP contribution is 2.25. The summed E-state index contributed by atoms with van der Waals surface area (Å²) in [6, 6.07) is 5.62. The van der Waals surface area contributed by atoms with Crippen molar-refractivity contribution >= 4 is 23.0 Å². The third-order valence-corrected chi connectivity index (χ3v) is 3.95. The van der Waals surface area contributed by atoms with Crippen molar-refractivity contribution in [3.8, 4) is 11.5 Å². The van der Waals surface area contributed by atoms with Gasteiger partial charge in [-0.3, -0.25) is 0 Å². The Balaban J connectivity index is 2.53. The Kier molecular flexibility index (Phi) is 8.67. The Morgan fingerprint density at radius 3 is 2.27 bits per heavy atom. The molecule has 0 bridgehead atoms. The van der Waals surface area contributed by atoms with Crippen molar-refractivity contribution in [3.05, 3.63) is 18.2 Å². The van der Waals surface area contributed by atoms with Crippen molar-refractivity contribution in [3.63, 3.8) is 0 Å². The number of hydrogen-bond acceptors (Lipinski definition) is 3. The summed E-state index contributed by atoms with van der Waals surface area (Å²) in [5.74, 6) is 2.14. The number of ether oxygens (including phenoxy) is 2. The summed E-state index contributed by atoms with van der Waals surface area (Å²) in [5.41, 5.74) is 0.857. The van der Waals surface area contributed by atoms with Gasteiger partial charge in [-0.05, 0) is 24.6 Å². The average molecular weight is 324 g/mol.